The van der Waals surface area contributed by atoms with Crippen molar-refractivity contribution in [1.82, 2.24) is 10.3 Å². The second-order valence-electron chi connectivity index (χ2n) is 10.3. The fraction of sp³-hybridized carbons (Fsp3) is 0.423. The molecule has 1 amide bonds. The molecule has 33 heavy (non-hydrogen) atoms. The van der Waals surface area contributed by atoms with Crippen LogP contribution in [-0.2, 0) is 4.79 Å². The van der Waals surface area contributed by atoms with E-state index in [-0.39, 0.29) is 22.3 Å². The van der Waals surface area contributed by atoms with Gasteiger partial charge in [0.15, 0.2) is 10.7 Å². The van der Waals surface area contributed by atoms with Crippen molar-refractivity contribution in [2.75, 3.05) is 5.32 Å². The maximum atomic E-state index is 13.5. The number of halogens is 1. The van der Waals surface area contributed by atoms with Crippen molar-refractivity contribution in [2.45, 2.75) is 44.9 Å². The molecule has 0 atom stereocenters. The Morgan fingerprint density at radius 1 is 1.09 bits per heavy atom. The molecule has 5 nitrogen and oxygen atoms in total. The van der Waals surface area contributed by atoms with Crippen LogP contribution < -0.4 is 10.6 Å². The zero-order valence-corrected chi connectivity index (χ0v) is 19.1. The summed E-state index contributed by atoms with van der Waals surface area (Å²) in [4.78, 5) is 17.3. The van der Waals surface area contributed by atoms with Crippen LogP contribution in [0.25, 0.3) is 22.6 Å². The number of carbonyl (C=O) groups is 1. The summed E-state index contributed by atoms with van der Waals surface area (Å²) >= 11 is 5.41. The molecule has 2 aromatic carbocycles. The number of rotatable bonds is 4. The molecule has 4 bridgehead atoms. The lowest BCUT2D eigenvalue weighted by atomic mass is 9.49. The number of carbonyl (C=O) groups excluding carboxylic acids is 1. The van der Waals surface area contributed by atoms with Crippen LogP contribution in [0.5, 0.6) is 0 Å². The lowest BCUT2D eigenvalue weighted by Gasteiger charge is -2.56. The summed E-state index contributed by atoms with van der Waals surface area (Å²) in [7, 11) is 0. The van der Waals surface area contributed by atoms with Gasteiger partial charge in [-0.1, -0.05) is 6.07 Å². The highest BCUT2D eigenvalue weighted by molar-refractivity contribution is 7.80. The summed E-state index contributed by atoms with van der Waals surface area (Å²) < 4.78 is 19.3. The first-order valence-electron chi connectivity index (χ1n) is 11.7. The number of fused-ring (bicyclic) bond motifs is 1. The summed E-state index contributed by atoms with van der Waals surface area (Å²) in [6, 6.07) is 11.6. The Hall–Kier alpha value is -2.80. The molecule has 0 spiro atoms. The molecule has 1 heterocycles. The third-order valence-corrected chi connectivity index (χ3v) is 7.87. The minimum Gasteiger partial charge on any atom is -0.436 e. The quantitative estimate of drug-likeness (QED) is 0.461. The molecule has 2 N–H and O–H groups in total. The first-order valence-corrected chi connectivity index (χ1v) is 12.1. The summed E-state index contributed by atoms with van der Waals surface area (Å²) in [5.74, 6) is 2.48. The van der Waals surface area contributed by atoms with Gasteiger partial charge in [0.05, 0.1) is 0 Å². The third-order valence-electron chi connectivity index (χ3n) is 7.67. The van der Waals surface area contributed by atoms with E-state index in [9.17, 15) is 9.18 Å². The van der Waals surface area contributed by atoms with Crippen LogP contribution in [-0.4, -0.2) is 16.0 Å². The van der Waals surface area contributed by atoms with E-state index in [1.54, 1.807) is 24.3 Å². The van der Waals surface area contributed by atoms with Gasteiger partial charge in [0.2, 0.25) is 11.8 Å². The number of hydrogen-bond donors (Lipinski definition) is 2. The van der Waals surface area contributed by atoms with Gasteiger partial charge in [0, 0.05) is 17.7 Å². The molecule has 4 saturated carbocycles. The summed E-state index contributed by atoms with van der Waals surface area (Å²) in [6.45, 7) is 0. The largest absolute Gasteiger partial charge is 0.436 e. The molecule has 7 heteroatoms. The second kappa shape index (κ2) is 7.90. The van der Waals surface area contributed by atoms with E-state index >= 15 is 0 Å². The van der Waals surface area contributed by atoms with E-state index in [0.717, 1.165) is 17.8 Å². The molecular weight excluding hydrogens is 437 g/mol. The standard InChI is InChI=1S/C26H26FN3O2S/c27-19-3-1-2-18(9-19)24-29-21-10-20(4-5-22(21)32-24)28-25(33)30-23(31)14-26-11-15-6-16(12-26)8-17(7-15)13-26/h1-5,9-10,15-17H,6-8,11-14H2,(H2,28,30,31,33). The van der Waals surface area contributed by atoms with Crippen LogP contribution in [0.15, 0.2) is 46.9 Å². The molecule has 0 unspecified atom stereocenters. The number of aromatic nitrogens is 1. The molecular formula is C26H26FN3O2S. The van der Waals surface area contributed by atoms with Gasteiger partial charge < -0.3 is 15.1 Å². The summed E-state index contributed by atoms with van der Waals surface area (Å²) in [5, 5.41) is 6.26. The fourth-order valence-electron chi connectivity index (χ4n) is 6.93. The zero-order valence-electron chi connectivity index (χ0n) is 18.3. The van der Waals surface area contributed by atoms with E-state index in [0.29, 0.717) is 34.7 Å². The molecule has 7 rings (SSSR count). The first-order chi connectivity index (χ1) is 15.9. The molecule has 3 aromatic rings. The van der Waals surface area contributed by atoms with Crippen molar-refractivity contribution in [3.63, 3.8) is 0 Å². The number of thiocarbonyl (C=S) groups is 1. The SMILES string of the molecule is O=C(CC12CC3CC(CC(C3)C1)C2)NC(=S)Nc1ccc2oc(-c3cccc(F)c3)nc2c1. The smallest absolute Gasteiger partial charge is 0.227 e. The molecule has 0 saturated heterocycles. The topological polar surface area (TPSA) is 67.2 Å². The van der Waals surface area contributed by atoms with Crippen molar-refractivity contribution in [2.24, 2.45) is 23.2 Å². The Kier molecular flexibility index (Phi) is 4.98. The Bertz CT molecular complexity index is 1220. The number of amides is 1. The Balaban J connectivity index is 1.11. The third kappa shape index (κ3) is 4.14. The highest BCUT2D eigenvalue weighted by atomic mass is 32.1. The van der Waals surface area contributed by atoms with E-state index in [4.69, 9.17) is 16.6 Å². The van der Waals surface area contributed by atoms with Crippen molar-refractivity contribution in [3.8, 4) is 11.5 Å². The van der Waals surface area contributed by atoms with Gasteiger partial charge >= 0.3 is 0 Å². The molecule has 4 aliphatic rings. The molecule has 1 aromatic heterocycles. The number of nitrogens with zero attached hydrogens (tertiary/aromatic N) is 1. The van der Waals surface area contributed by atoms with Crippen LogP contribution in [0.1, 0.15) is 44.9 Å². The molecule has 4 aliphatic carbocycles. The molecule has 170 valence electrons. The normalized spacial score (nSPS) is 27.6. The maximum absolute atomic E-state index is 13.5. The van der Waals surface area contributed by atoms with Crippen molar-refractivity contribution in [3.05, 3.63) is 48.3 Å². The van der Waals surface area contributed by atoms with Gasteiger partial charge in [-0.05, 0) is 110 Å². The van der Waals surface area contributed by atoms with Crippen molar-refractivity contribution >= 4 is 40.0 Å². The van der Waals surface area contributed by atoms with Crippen LogP contribution in [0.2, 0.25) is 0 Å². The van der Waals surface area contributed by atoms with Gasteiger partial charge in [-0.3, -0.25) is 4.79 Å². The molecule has 0 aliphatic heterocycles. The van der Waals surface area contributed by atoms with Crippen LogP contribution >= 0.6 is 12.2 Å². The Morgan fingerprint density at radius 3 is 2.52 bits per heavy atom. The number of hydrogen-bond acceptors (Lipinski definition) is 4. The number of oxazole rings is 1. The number of anilines is 1. The average molecular weight is 464 g/mol. The monoisotopic (exact) mass is 463 g/mol. The van der Waals surface area contributed by atoms with Crippen LogP contribution in [0.3, 0.4) is 0 Å². The zero-order chi connectivity index (χ0) is 22.6. The number of benzene rings is 2. The lowest BCUT2D eigenvalue weighted by Crippen LogP contribution is -2.48. The van der Waals surface area contributed by atoms with Gasteiger partial charge in [0.25, 0.3) is 0 Å². The number of nitrogens with one attached hydrogen (secondary N) is 2. The molecule has 0 radical (unpaired) electrons. The predicted molar refractivity (Wildman–Crippen MR) is 129 cm³/mol. The van der Waals surface area contributed by atoms with Crippen LogP contribution in [0.4, 0.5) is 10.1 Å². The van der Waals surface area contributed by atoms with E-state index in [1.807, 2.05) is 6.07 Å². The maximum Gasteiger partial charge on any atom is 0.227 e. The second-order valence-corrected chi connectivity index (χ2v) is 10.7. The summed E-state index contributed by atoms with van der Waals surface area (Å²) in [6.07, 6.45) is 8.26. The van der Waals surface area contributed by atoms with E-state index in [2.05, 4.69) is 15.6 Å². The van der Waals surface area contributed by atoms with Gasteiger partial charge in [-0.2, -0.15) is 0 Å². The highest BCUT2D eigenvalue weighted by Gasteiger charge is 2.51. The Labute approximate surface area is 197 Å². The highest BCUT2D eigenvalue weighted by Crippen LogP contribution is 2.61. The molecule has 4 fully saturated rings. The first kappa shape index (κ1) is 20.8. The Morgan fingerprint density at radius 2 is 1.82 bits per heavy atom. The van der Waals surface area contributed by atoms with Gasteiger partial charge in [-0.25, -0.2) is 9.37 Å². The van der Waals surface area contributed by atoms with Gasteiger partial charge in [-0.15, -0.1) is 0 Å². The fourth-order valence-corrected chi connectivity index (χ4v) is 7.16. The van der Waals surface area contributed by atoms with Crippen molar-refractivity contribution < 1.29 is 13.6 Å². The van der Waals surface area contributed by atoms with Gasteiger partial charge in [0.1, 0.15) is 11.3 Å². The van der Waals surface area contributed by atoms with Crippen molar-refractivity contribution in [1.29, 1.82) is 0 Å². The average Bonchev–Trinajstić information content (AvgIpc) is 3.15. The van der Waals surface area contributed by atoms with E-state index < -0.39 is 0 Å². The minimum atomic E-state index is -0.341. The van der Waals surface area contributed by atoms with Crippen LogP contribution in [0, 0.1) is 29.0 Å². The predicted octanol–water partition coefficient (Wildman–Crippen LogP) is 6.05. The summed E-state index contributed by atoms with van der Waals surface area (Å²) in [5.41, 5.74) is 2.69. The van der Waals surface area contributed by atoms with E-state index in [1.165, 1.54) is 50.7 Å². The minimum absolute atomic E-state index is 0.00496. The lowest BCUT2D eigenvalue weighted by molar-refractivity contribution is -0.127.